The number of azide groups is 1. The minimum absolute atomic E-state index is 1.31. The fraction of sp³-hybridized carbons (Fsp3) is 0. The summed E-state index contributed by atoms with van der Waals surface area (Å²) in [5.41, 5.74) is 12.4. The Labute approximate surface area is 40.5 Å². The first kappa shape index (κ1) is 5.79. The van der Waals surface area contributed by atoms with Crippen LogP contribution in [0, 0.1) is 0 Å². The smallest absolute Gasteiger partial charge is 0.134 e. The Bertz CT molecular complexity index is 100. The summed E-state index contributed by atoms with van der Waals surface area (Å²) in [5.74, 6) is 0. The fourth-order valence-electron chi connectivity index (χ4n) is 0.0394. The van der Waals surface area contributed by atoms with Crippen LogP contribution in [0.15, 0.2) is 4.88 Å². The molecule has 0 aromatic heterocycles. The van der Waals surface area contributed by atoms with Crippen LogP contribution in [0.25, 0.3) is 10.4 Å². The zero-order valence-corrected chi connectivity index (χ0v) is 4.49. The molecule has 0 rings (SSSR count). The molecule has 6 heteroatoms. The van der Waals surface area contributed by atoms with Gasteiger partial charge in [0.2, 0.25) is 0 Å². The summed E-state index contributed by atoms with van der Waals surface area (Å²) in [6, 6.07) is 0. The van der Waals surface area contributed by atoms with Gasteiger partial charge in [-0.2, -0.15) is 0 Å². The lowest BCUT2D eigenvalue weighted by atomic mass is 13.0. The van der Waals surface area contributed by atoms with Crippen molar-refractivity contribution in [1.82, 2.24) is 0 Å². The number of hydrogen-bond acceptors (Lipinski definition) is 1. The molecule has 0 heterocycles. The molecule has 0 saturated heterocycles. The molecule has 0 fully saturated rings. The van der Waals surface area contributed by atoms with Crippen molar-refractivity contribution in [2.45, 2.75) is 0 Å². The molecule has 0 spiro atoms. The lowest BCUT2D eigenvalue weighted by Crippen LogP contribution is -1.66. The van der Waals surface area contributed by atoms with Crippen molar-refractivity contribution in [3.63, 3.8) is 0 Å². The Morgan fingerprint density at radius 2 is 2.50 bits per heavy atom. The van der Waals surface area contributed by atoms with Gasteiger partial charge in [-0.05, 0) is 0 Å². The van der Waals surface area contributed by atoms with Gasteiger partial charge in [-0.25, -0.2) is 0 Å². The maximum atomic E-state index is 7.56. The van der Waals surface area contributed by atoms with E-state index in [0.29, 0.717) is 0 Å². The summed E-state index contributed by atoms with van der Waals surface area (Å²) in [5, 5.41) is 0. The van der Waals surface area contributed by atoms with Gasteiger partial charge < -0.3 is 0 Å². The molecule has 6 heavy (non-hydrogen) atoms. The molecule has 0 aliphatic carbocycles. The van der Waals surface area contributed by atoms with E-state index in [1.54, 1.807) is 0 Å². The van der Waals surface area contributed by atoms with E-state index in [-0.39, 0.29) is 0 Å². The van der Waals surface area contributed by atoms with Crippen LogP contribution in [0.5, 0.6) is 0 Å². The third kappa shape index (κ3) is 3.79. The van der Waals surface area contributed by atoms with Gasteiger partial charge in [0.15, 0.2) is 16.7 Å². The number of nitrogens with two attached hydrogens (primary N) is 1. The third-order valence-electron chi connectivity index (χ3n) is 0.128. The molecule has 32 valence electrons. The molecule has 0 aliphatic heterocycles. The zero-order valence-electron chi connectivity index (χ0n) is 2.77. The molecular weight excluding hydrogens is 119 g/mol. The predicted molar refractivity (Wildman–Crippen MR) is 27.6 cm³/mol. The first-order chi connectivity index (χ1) is 2.77. The second-order valence-corrected chi connectivity index (χ2v) is 2.39. The molecule has 0 aromatic rings. The molecule has 2 N–H and O–H groups in total. The second kappa shape index (κ2) is 3.00. The SMILES string of the molecule is [N-]=[N+]=N[P+](N)=S. The van der Waals surface area contributed by atoms with Crippen molar-refractivity contribution >= 4 is 18.8 Å². The molecule has 1 atom stereocenters. The summed E-state index contributed by atoms with van der Waals surface area (Å²) in [4.78, 5) is 5.32. The summed E-state index contributed by atoms with van der Waals surface area (Å²) in [6.07, 6.45) is 0. The summed E-state index contributed by atoms with van der Waals surface area (Å²) in [7, 11) is 0. The van der Waals surface area contributed by atoms with Gasteiger partial charge in [-0.3, -0.25) is 0 Å². The number of rotatable bonds is 1. The van der Waals surface area contributed by atoms with Crippen LogP contribution < -0.4 is 5.50 Å². The van der Waals surface area contributed by atoms with E-state index < -0.39 is 7.00 Å². The van der Waals surface area contributed by atoms with Gasteiger partial charge in [0, 0.05) is 10.4 Å². The second-order valence-electron chi connectivity index (χ2n) is 0.481. The van der Waals surface area contributed by atoms with E-state index in [4.69, 9.17) is 11.0 Å². The first-order valence-corrected chi connectivity index (χ1v) is 3.42. The predicted octanol–water partition coefficient (Wildman–Crippen LogP) is 1.03. The third-order valence-corrected chi connectivity index (χ3v) is 0.604. The minimum atomic E-state index is -1.31. The van der Waals surface area contributed by atoms with Crippen molar-refractivity contribution in [3.8, 4) is 0 Å². The van der Waals surface area contributed by atoms with Crippen molar-refractivity contribution in [1.29, 1.82) is 0 Å². The Balaban J connectivity index is 3.60. The molecule has 0 radical (unpaired) electrons. The summed E-state index contributed by atoms with van der Waals surface area (Å²) in [6.45, 7) is -1.31. The molecule has 0 aromatic carbocycles. The standard InChI is InChI=1S/H2N4PS/c1-3-4-5(2)6/h(H2,2,6)/q+1. The molecule has 1 unspecified atom stereocenters. The first-order valence-electron chi connectivity index (χ1n) is 1.04. The van der Waals surface area contributed by atoms with Crippen molar-refractivity contribution < 1.29 is 0 Å². The maximum absolute atomic E-state index is 7.56. The van der Waals surface area contributed by atoms with E-state index >= 15 is 0 Å². The van der Waals surface area contributed by atoms with Crippen LogP contribution in [-0.2, 0) is 11.8 Å². The van der Waals surface area contributed by atoms with Crippen molar-refractivity contribution in [2.24, 2.45) is 10.4 Å². The Morgan fingerprint density at radius 3 is 2.50 bits per heavy atom. The highest BCUT2D eigenvalue weighted by Gasteiger charge is 1.89. The van der Waals surface area contributed by atoms with Crippen LogP contribution in [0.3, 0.4) is 0 Å². The van der Waals surface area contributed by atoms with E-state index in [0.717, 1.165) is 0 Å². The van der Waals surface area contributed by atoms with E-state index in [1.165, 1.54) is 0 Å². The van der Waals surface area contributed by atoms with Gasteiger partial charge in [-0.15, -0.1) is 5.50 Å². The molecule has 0 bridgehead atoms. The topological polar surface area (TPSA) is 74.8 Å². The lowest BCUT2D eigenvalue weighted by molar-refractivity contribution is 1.74. The largest absolute Gasteiger partial charge is 0.387 e. The Morgan fingerprint density at radius 1 is 2.00 bits per heavy atom. The minimum Gasteiger partial charge on any atom is -0.134 e. The average molecular weight is 121 g/mol. The quantitative estimate of drug-likeness (QED) is 0.243. The lowest BCUT2D eigenvalue weighted by Gasteiger charge is -1.48. The summed E-state index contributed by atoms with van der Waals surface area (Å²) < 4.78 is 0. The van der Waals surface area contributed by atoms with Crippen molar-refractivity contribution in [3.05, 3.63) is 10.4 Å². The van der Waals surface area contributed by atoms with E-state index in [9.17, 15) is 0 Å². The van der Waals surface area contributed by atoms with Crippen molar-refractivity contribution in [2.75, 3.05) is 0 Å². The Kier molecular flexibility index (Phi) is 2.89. The molecule has 0 saturated carbocycles. The normalized spacial score (nSPS) is 9.17. The van der Waals surface area contributed by atoms with Crippen LogP contribution in [0.2, 0.25) is 0 Å². The van der Waals surface area contributed by atoms with Gasteiger partial charge in [0.25, 0.3) is 0 Å². The maximum Gasteiger partial charge on any atom is 0.387 e. The van der Waals surface area contributed by atoms with E-state index in [1.807, 2.05) is 0 Å². The number of nitrogens with zero attached hydrogens (tertiary/aromatic N) is 3. The van der Waals surface area contributed by atoms with Gasteiger partial charge in [0.05, 0.1) is 0 Å². The van der Waals surface area contributed by atoms with Gasteiger partial charge in [0.1, 0.15) is 0 Å². The average Bonchev–Trinajstić information content (AvgIpc) is 1.35. The fourth-order valence-corrected chi connectivity index (χ4v) is 0.216. The number of hydrogen-bond donors (Lipinski definition) is 1. The summed E-state index contributed by atoms with van der Waals surface area (Å²) >= 11 is 4.30. The highest BCUT2D eigenvalue weighted by atomic mass is 32.4. The van der Waals surface area contributed by atoms with Crippen LogP contribution >= 0.6 is 7.00 Å². The van der Waals surface area contributed by atoms with Crippen LogP contribution in [0.1, 0.15) is 0 Å². The van der Waals surface area contributed by atoms with Crippen LogP contribution in [0.4, 0.5) is 0 Å². The Hall–Kier alpha value is -0.210. The van der Waals surface area contributed by atoms with E-state index in [2.05, 4.69) is 21.6 Å². The van der Waals surface area contributed by atoms with Gasteiger partial charge in [-0.1, -0.05) is 0 Å². The highest BCUT2D eigenvalue weighted by Crippen LogP contribution is 2.07. The molecule has 0 amide bonds. The molecule has 0 aliphatic rings. The van der Waals surface area contributed by atoms with Crippen LogP contribution in [-0.4, -0.2) is 0 Å². The molecule has 4 nitrogen and oxygen atoms in total. The molecular formula is H2N4PS+. The zero-order chi connectivity index (χ0) is 4.99. The van der Waals surface area contributed by atoms with Gasteiger partial charge >= 0.3 is 7.00 Å². The monoisotopic (exact) mass is 121 g/mol. The highest BCUT2D eigenvalue weighted by molar-refractivity contribution is 8.03.